The van der Waals surface area contributed by atoms with Crippen molar-refractivity contribution in [1.82, 2.24) is 0 Å². The summed E-state index contributed by atoms with van der Waals surface area (Å²) in [5, 5.41) is 8.99. The third-order valence-electron chi connectivity index (χ3n) is 1.99. The first-order valence-electron chi connectivity index (χ1n) is 4.68. The van der Waals surface area contributed by atoms with Gasteiger partial charge in [-0.15, -0.1) is 0 Å². The van der Waals surface area contributed by atoms with Crippen LogP contribution in [0.2, 0.25) is 0 Å². The van der Waals surface area contributed by atoms with Gasteiger partial charge in [0.25, 0.3) is 0 Å². The SMILES string of the molecule is C=Cc1c([CH]O)cccc1OCCOC. The molecule has 1 aromatic rings. The predicted octanol–water partition coefficient (Wildman–Crippen LogP) is 2.24. The summed E-state index contributed by atoms with van der Waals surface area (Å²) in [7, 11) is 1.62. The van der Waals surface area contributed by atoms with E-state index < -0.39 is 0 Å². The number of rotatable bonds is 6. The topological polar surface area (TPSA) is 38.7 Å². The fourth-order valence-corrected chi connectivity index (χ4v) is 1.25. The molecule has 1 rings (SSSR count). The number of hydrogen-bond donors (Lipinski definition) is 1. The molecule has 0 aliphatic heterocycles. The van der Waals surface area contributed by atoms with Gasteiger partial charge < -0.3 is 14.6 Å². The number of benzene rings is 1. The molecule has 0 aromatic heterocycles. The van der Waals surface area contributed by atoms with Crippen molar-refractivity contribution in [2.24, 2.45) is 0 Å². The number of aliphatic hydroxyl groups excluding tert-OH is 1. The fraction of sp³-hybridized carbons (Fsp3) is 0.250. The zero-order chi connectivity index (χ0) is 11.1. The lowest BCUT2D eigenvalue weighted by Gasteiger charge is -2.11. The molecule has 81 valence electrons. The van der Waals surface area contributed by atoms with Crippen molar-refractivity contribution in [2.75, 3.05) is 20.3 Å². The second kappa shape index (κ2) is 6.22. The van der Waals surface area contributed by atoms with Crippen molar-refractivity contribution in [3.05, 3.63) is 42.5 Å². The molecule has 0 amide bonds. The van der Waals surface area contributed by atoms with Gasteiger partial charge in [-0.3, -0.25) is 0 Å². The first-order valence-corrected chi connectivity index (χ1v) is 4.68. The zero-order valence-corrected chi connectivity index (χ0v) is 8.77. The molecule has 0 fully saturated rings. The van der Waals surface area contributed by atoms with E-state index in [1.165, 1.54) is 0 Å². The van der Waals surface area contributed by atoms with Crippen LogP contribution in [0.5, 0.6) is 5.75 Å². The Morgan fingerprint density at radius 1 is 1.40 bits per heavy atom. The molecule has 0 unspecified atom stereocenters. The van der Waals surface area contributed by atoms with Gasteiger partial charge in [0.15, 0.2) is 0 Å². The maximum atomic E-state index is 8.99. The number of ether oxygens (including phenoxy) is 2. The Morgan fingerprint density at radius 2 is 2.20 bits per heavy atom. The molecule has 0 aliphatic rings. The highest BCUT2D eigenvalue weighted by Gasteiger charge is 2.05. The van der Waals surface area contributed by atoms with E-state index in [0.29, 0.717) is 24.5 Å². The van der Waals surface area contributed by atoms with Gasteiger partial charge in [0.2, 0.25) is 0 Å². The number of methoxy groups -OCH3 is 1. The van der Waals surface area contributed by atoms with Crippen molar-refractivity contribution >= 4 is 6.08 Å². The summed E-state index contributed by atoms with van der Waals surface area (Å²) < 4.78 is 10.4. The van der Waals surface area contributed by atoms with Crippen LogP contribution in [0, 0.1) is 6.61 Å². The van der Waals surface area contributed by atoms with E-state index in [-0.39, 0.29) is 0 Å². The minimum Gasteiger partial charge on any atom is -0.491 e. The molecular weight excluding hydrogens is 192 g/mol. The number of hydrogen-bond acceptors (Lipinski definition) is 3. The van der Waals surface area contributed by atoms with Gasteiger partial charge in [0.1, 0.15) is 19.0 Å². The second-order valence-electron chi connectivity index (χ2n) is 2.93. The molecule has 15 heavy (non-hydrogen) atoms. The van der Waals surface area contributed by atoms with Crippen molar-refractivity contribution in [3.8, 4) is 5.75 Å². The van der Waals surface area contributed by atoms with Gasteiger partial charge in [-0.05, 0) is 11.6 Å². The quantitative estimate of drug-likeness (QED) is 0.727. The Bertz CT molecular complexity index is 321. The van der Waals surface area contributed by atoms with Crippen LogP contribution >= 0.6 is 0 Å². The maximum absolute atomic E-state index is 8.99. The fourth-order valence-electron chi connectivity index (χ4n) is 1.25. The third kappa shape index (κ3) is 3.08. The molecule has 3 heteroatoms. The van der Waals surface area contributed by atoms with Gasteiger partial charge in [-0.25, -0.2) is 0 Å². The summed E-state index contributed by atoms with van der Waals surface area (Å²) in [6, 6.07) is 5.44. The van der Waals surface area contributed by atoms with Gasteiger partial charge in [-0.1, -0.05) is 24.8 Å². The predicted molar refractivity (Wildman–Crippen MR) is 59.2 cm³/mol. The summed E-state index contributed by atoms with van der Waals surface area (Å²) >= 11 is 0. The lowest BCUT2D eigenvalue weighted by molar-refractivity contribution is 0.146. The standard InChI is InChI=1S/C12H15O3/c1-3-11-10(9-13)5-4-6-12(11)15-8-7-14-2/h3-6,9,13H,1,7-8H2,2H3. The normalized spacial score (nSPS) is 10.0. The Hall–Kier alpha value is -1.32. The summed E-state index contributed by atoms with van der Waals surface area (Å²) in [6.07, 6.45) is 1.66. The summed E-state index contributed by atoms with van der Waals surface area (Å²) in [6.45, 7) is 5.74. The van der Waals surface area contributed by atoms with Crippen LogP contribution in [-0.2, 0) is 4.74 Å². The Balaban J connectivity index is 2.81. The minimum atomic E-state index is 0.478. The zero-order valence-electron chi connectivity index (χ0n) is 8.77. The molecule has 1 aromatic carbocycles. The van der Waals surface area contributed by atoms with Crippen LogP contribution in [-0.4, -0.2) is 25.4 Å². The monoisotopic (exact) mass is 207 g/mol. The lowest BCUT2D eigenvalue weighted by atomic mass is 10.1. The van der Waals surface area contributed by atoms with E-state index in [0.717, 1.165) is 12.2 Å². The van der Waals surface area contributed by atoms with E-state index in [1.54, 1.807) is 19.3 Å². The van der Waals surface area contributed by atoms with E-state index in [9.17, 15) is 0 Å². The third-order valence-corrected chi connectivity index (χ3v) is 1.99. The molecule has 0 bridgehead atoms. The van der Waals surface area contributed by atoms with Gasteiger partial charge in [0.05, 0.1) is 6.61 Å². The molecule has 0 spiro atoms. The Labute approximate surface area is 90.0 Å². The Morgan fingerprint density at radius 3 is 2.80 bits per heavy atom. The van der Waals surface area contributed by atoms with E-state index in [1.807, 2.05) is 12.1 Å². The maximum Gasteiger partial charge on any atom is 0.126 e. The molecular formula is C12H15O3. The average Bonchev–Trinajstić information content (AvgIpc) is 2.29. The lowest BCUT2D eigenvalue weighted by Crippen LogP contribution is -2.05. The van der Waals surface area contributed by atoms with E-state index in [4.69, 9.17) is 14.6 Å². The summed E-state index contributed by atoms with van der Waals surface area (Å²) in [5.41, 5.74) is 1.48. The van der Waals surface area contributed by atoms with Crippen molar-refractivity contribution in [1.29, 1.82) is 0 Å². The first-order chi connectivity index (χ1) is 7.33. The van der Waals surface area contributed by atoms with E-state index >= 15 is 0 Å². The Kier molecular flexibility index (Phi) is 4.87. The second-order valence-corrected chi connectivity index (χ2v) is 2.93. The highest BCUT2D eigenvalue weighted by Crippen LogP contribution is 2.24. The smallest absolute Gasteiger partial charge is 0.126 e. The van der Waals surface area contributed by atoms with Crippen LogP contribution in [0.1, 0.15) is 11.1 Å². The van der Waals surface area contributed by atoms with Crippen LogP contribution in [0.4, 0.5) is 0 Å². The molecule has 0 aliphatic carbocycles. The molecule has 0 saturated heterocycles. The van der Waals surface area contributed by atoms with Gasteiger partial charge in [0, 0.05) is 12.7 Å². The largest absolute Gasteiger partial charge is 0.491 e. The summed E-state index contributed by atoms with van der Waals surface area (Å²) in [4.78, 5) is 0. The first kappa shape index (κ1) is 11.8. The van der Waals surface area contributed by atoms with Gasteiger partial charge in [-0.2, -0.15) is 0 Å². The van der Waals surface area contributed by atoms with Gasteiger partial charge >= 0.3 is 0 Å². The number of aliphatic hydroxyl groups is 1. The molecule has 0 atom stereocenters. The molecule has 0 heterocycles. The molecule has 1 N–H and O–H groups in total. The van der Waals surface area contributed by atoms with Crippen LogP contribution < -0.4 is 4.74 Å². The van der Waals surface area contributed by atoms with Crippen LogP contribution in [0.3, 0.4) is 0 Å². The van der Waals surface area contributed by atoms with Crippen LogP contribution in [0.15, 0.2) is 24.8 Å². The molecule has 3 nitrogen and oxygen atoms in total. The van der Waals surface area contributed by atoms with Crippen molar-refractivity contribution < 1.29 is 14.6 Å². The van der Waals surface area contributed by atoms with E-state index in [2.05, 4.69) is 6.58 Å². The minimum absolute atomic E-state index is 0.478. The van der Waals surface area contributed by atoms with Crippen molar-refractivity contribution in [2.45, 2.75) is 0 Å². The summed E-state index contributed by atoms with van der Waals surface area (Å²) in [5.74, 6) is 0.699. The van der Waals surface area contributed by atoms with Crippen molar-refractivity contribution in [3.63, 3.8) is 0 Å². The molecule has 1 radical (unpaired) electrons. The molecule has 0 saturated carbocycles. The van der Waals surface area contributed by atoms with Crippen LogP contribution in [0.25, 0.3) is 6.08 Å². The average molecular weight is 207 g/mol. The highest BCUT2D eigenvalue weighted by atomic mass is 16.5. The highest BCUT2D eigenvalue weighted by molar-refractivity contribution is 5.61.